The summed E-state index contributed by atoms with van der Waals surface area (Å²) in [6.45, 7) is 5.13. The summed E-state index contributed by atoms with van der Waals surface area (Å²) in [5.74, 6) is 0.875. The molecule has 216 valence electrons. The molecule has 2 amide bonds. The minimum absolute atomic E-state index is 0.155. The van der Waals surface area contributed by atoms with Crippen LogP contribution in [0, 0.1) is 0 Å². The van der Waals surface area contributed by atoms with Gasteiger partial charge < -0.3 is 21.7 Å². The van der Waals surface area contributed by atoms with Crippen molar-refractivity contribution < 1.29 is 9.59 Å². The summed E-state index contributed by atoms with van der Waals surface area (Å²) in [6, 6.07) is 21.0. The SMILES string of the molecule is CNC(=O)c1ccc(NC(=O)Cc2cccc(C3=NCCN3)c2)cc1CC(=S)Cc1cccc(/C(C)=N/N=C(C)N)c1. The second-order valence-corrected chi connectivity index (χ2v) is 10.6. The zero-order valence-electron chi connectivity index (χ0n) is 24.0. The van der Waals surface area contributed by atoms with Crippen LogP contribution in [0.1, 0.15) is 52.0 Å². The first kappa shape index (κ1) is 30.3. The number of thiocarbonyl (C=S) groups is 1. The van der Waals surface area contributed by atoms with Gasteiger partial charge in [-0.15, -0.1) is 5.10 Å². The van der Waals surface area contributed by atoms with Gasteiger partial charge >= 0.3 is 0 Å². The molecule has 3 aromatic rings. The number of rotatable bonds is 11. The molecular formula is C32H35N7O2S. The average Bonchev–Trinajstić information content (AvgIpc) is 3.51. The van der Waals surface area contributed by atoms with E-state index < -0.39 is 0 Å². The highest BCUT2D eigenvalue weighted by Gasteiger charge is 2.15. The number of carbonyl (C=O) groups is 2. The van der Waals surface area contributed by atoms with Gasteiger partial charge in [-0.25, -0.2) is 0 Å². The Kier molecular flexibility index (Phi) is 10.3. The Morgan fingerprint density at radius 2 is 1.74 bits per heavy atom. The van der Waals surface area contributed by atoms with Gasteiger partial charge in [-0.1, -0.05) is 48.6 Å². The van der Waals surface area contributed by atoms with E-state index in [-0.39, 0.29) is 18.2 Å². The van der Waals surface area contributed by atoms with Gasteiger partial charge in [0.1, 0.15) is 11.7 Å². The highest BCUT2D eigenvalue weighted by atomic mass is 32.1. The average molecular weight is 582 g/mol. The number of amidine groups is 2. The molecule has 1 aliphatic rings. The Bertz CT molecular complexity index is 1590. The van der Waals surface area contributed by atoms with Crippen molar-refractivity contribution in [3.63, 3.8) is 0 Å². The molecule has 4 rings (SSSR count). The number of hydrogen-bond donors (Lipinski definition) is 4. The molecule has 0 spiro atoms. The van der Waals surface area contributed by atoms with Crippen LogP contribution in [0.2, 0.25) is 0 Å². The molecule has 0 aromatic heterocycles. The predicted octanol–water partition coefficient (Wildman–Crippen LogP) is 3.83. The summed E-state index contributed by atoms with van der Waals surface area (Å²) in [5.41, 5.74) is 12.0. The van der Waals surface area contributed by atoms with E-state index >= 15 is 0 Å². The molecule has 0 radical (unpaired) electrons. The molecule has 0 fully saturated rings. The molecule has 0 saturated heterocycles. The van der Waals surface area contributed by atoms with Gasteiger partial charge in [-0.3, -0.25) is 14.6 Å². The smallest absolute Gasteiger partial charge is 0.251 e. The van der Waals surface area contributed by atoms with E-state index in [1.165, 1.54) is 0 Å². The number of amides is 2. The van der Waals surface area contributed by atoms with Gasteiger partial charge in [-0.05, 0) is 66.4 Å². The topological polar surface area (TPSA) is 133 Å². The van der Waals surface area contributed by atoms with E-state index in [1.807, 2.05) is 61.5 Å². The number of benzene rings is 3. The van der Waals surface area contributed by atoms with E-state index in [4.69, 9.17) is 18.0 Å². The molecule has 10 heteroatoms. The van der Waals surface area contributed by atoms with Crippen molar-refractivity contribution in [3.8, 4) is 0 Å². The molecule has 3 aromatic carbocycles. The maximum Gasteiger partial charge on any atom is 0.251 e. The first-order valence-corrected chi connectivity index (χ1v) is 14.1. The second-order valence-electron chi connectivity index (χ2n) is 10.1. The quantitative estimate of drug-likeness (QED) is 0.118. The Morgan fingerprint density at radius 3 is 2.45 bits per heavy atom. The third-order valence-corrected chi connectivity index (χ3v) is 6.88. The van der Waals surface area contributed by atoms with Crippen LogP contribution in [0.25, 0.3) is 0 Å². The fourth-order valence-corrected chi connectivity index (χ4v) is 4.93. The van der Waals surface area contributed by atoms with Crippen molar-refractivity contribution in [1.82, 2.24) is 10.6 Å². The number of carbonyl (C=O) groups excluding carboxylic acids is 2. The number of nitrogens with two attached hydrogens (primary N) is 1. The zero-order valence-corrected chi connectivity index (χ0v) is 24.8. The molecule has 1 heterocycles. The lowest BCUT2D eigenvalue weighted by Gasteiger charge is -2.13. The van der Waals surface area contributed by atoms with E-state index in [1.54, 1.807) is 26.1 Å². The van der Waals surface area contributed by atoms with Crippen molar-refractivity contribution in [3.05, 3.63) is 100 Å². The highest BCUT2D eigenvalue weighted by Crippen LogP contribution is 2.20. The molecule has 5 N–H and O–H groups in total. The van der Waals surface area contributed by atoms with Crippen LogP contribution in [-0.4, -0.2) is 54.2 Å². The predicted molar refractivity (Wildman–Crippen MR) is 174 cm³/mol. The lowest BCUT2D eigenvalue weighted by atomic mass is 9.97. The molecule has 42 heavy (non-hydrogen) atoms. The number of hydrogen-bond acceptors (Lipinski definition) is 7. The number of anilines is 1. The normalized spacial score (nSPS) is 13.3. The second kappa shape index (κ2) is 14.3. The van der Waals surface area contributed by atoms with Gasteiger partial charge in [0.15, 0.2) is 0 Å². The fourth-order valence-electron chi connectivity index (χ4n) is 4.60. The fraction of sp³-hybridized carbons (Fsp3) is 0.250. The third kappa shape index (κ3) is 8.40. The molecule has 0 bridgehead atoms. The number of aliphatic imine (C=N–C) groups is 1. The lowest BCUT2D eigenvalue weighted by molar-refractivity contribution is -0.115. The van der Waals surface area contributed by atoms with Gasteiger partial charge in [0.05, 0.1) is 18.7 Å². The van der Waals surface area contributed by atoms with Crippen LogP contribution in [-0.2, 0) is 24.1 Å². The first-order chi connectivity index (χ1) is 20.2. The van der Waals surface area contributed by atoms with E-state index in [0.29, 0.717) is 29.9 Å². The Morgan fingerprint density at radius 1 is 0.976 bits per heavy atom. The van der Waals surface area contributed by atoms with Gasteiger partial charge in [0, 0.05) is 48.1 Å². The molecule has 1 aliphatic heterocycles. The van der Waals surface area contributed by atoms with Gasteiger partial charge in [0.2, 0.25) is 5.91 Å². The van der Waals surface area contributed by atoms with Crippen LogP contribution >= 0.6 is 12.2 Å². The van der Waals surface area contributed by atoms with E-state index in [0.717, 1.165) is 57.3 Å². The largest absolute Gasteiger partial charge is 0.386 e. The van der Waals surface area contributed by atoms with Crippen LogP contribution in [0.5, 0.6) is 0 Å². The molecule has 9 nitrogen and oxygen atoms in total. The van der Waals surface area contributed by atoms with Gasteiger partial charge in [0.25, 0.3) is 5.91 Å². The maximum atomic E-state index is 12.9. The summed E-state index contributed by atoms with van der Waals surface area (Å²) in [7, 11) is 1.59. The summed E-state index contributed by atoms with van der Waals surface area (Å²) < 4.78 is 0. The van der Waals surface area contributed by atoms with Crippen LogP contribution < -0.4 is 21.7 Å². The highest BCUT2D eigenvalue weighted by molar-refractivity contribution is 7.80. The maximum absolute atomic E-state index is 12.9. The van der Waals surface area contributed by atoms with Crippen molar-refractivity contribution >= 4 is 52.0 Å². The van der Waals surface area contributed by atoms with Crippen molar-refractivity contribution in [1.29, 1.82) is 0 Å². The van der Waals surface area contributed by atoms with Crippen molar-refractivity contribution in [2.45, 2.75) is 33.1 Å². The summed E-state index contributed by atoms with van der Waals surface area (Å²) >= 11 is 5.77. The van der Waals surface area contributed by atoms with E-state index in [2.05, 4.69) is 31.1 Å². The third-order valence-electron chi connectivity index (χ3n) is 6.59. The Balaban J connectivity index is 1.46. The summed E-state index contributed by atoms with van der Waals surface area (Å²) in [5, 5.41) is 17.0. The Labute approximate surface area is 251 Å². The molecular weight excluding hydrogens is 546 g/mol. The number of nitrogens with one attached hydrogen (secondary N) is 3. The van der Waals surface area contributed by atoms with E-state index in [9.17, 15) is 9.59 Å². The van der Waals surface area contributed by atoms with Crippen molar-refractivity contribution in [2.75, 3.05) is 25.5 Å². The lowest BCUT2D eigenvalue weighted by Crippen LogP contribution is -2.21. The first-order valence-electron chi connectivity index (χ1n) is 13.7. The van der Waals surface area contributed by atoms with Crippen molar-refractivity contribution in [2.24, 2.45) is 20.9 Å². The van der Waals surface area contributed by atoms with Gasteiger partial charge in [-0.2, -0.15) is 5.10 Å². The van der Waals surface area contributed by atoms with Crippen LogP contribution in [0.4, 0.5) is 5.69 Å². The summed E-state index contributed by atoms with van der Waals surface area (Å²) in [6.07, 6.45) is 1.14. The summed E-state index contributed by atoms with van der Waals surface area (Å²) in [4.78, 5) is 30.8. The molecule has 0 saturated carbocycles. The molecule has 0 atom stereocenters. The molecule has 0 aliphatic carbocycles. The standard InChI is InChI=1S/C32H35N7O2S/c1-20(38-39-21(2)33)24-8-4-6-22(14-24)16-28(42)19-26-18-27(10-11-29(26)32(41)34-3)37-30(40)17-23-7-5-9-25(15-23)31-35-12-13-36-31/h4-11,14-15,18H,12-13,16-17,19H2,1-3H3,(H2,33,39)(H,34,41)(H,35,36)(H,37,40)/b38-20+. The van der Waals surface area contributed by atoms with Crippen LogP contribution in [0.3, 0.4) is 0 Å². The monoisotopic (exact) mass is 581 g/mol. The Hall–Kier alpha value is -4.70. The zero-order chi connectivity index (χ0) is 30.1. The van der Waals surface area contributed by atoms with Crippen LogP contribution in [0.15, 0.2) is 81.9 Å². The minimum Gasteiger partial charge on any atom is -0.386 e. The minimum atomic E-state index is -0.212. The number of nitrogens with zero attached hydrogens (tertiary/aromatic N) is 3. The molecule has 0 unspecified atom stereocenters.